The lowest BCUT2D eigenvalue weighted by Crippen LogP contribution is -2.22. The highest BCUT2D eigenvalue weighted by molar-refractivity contribution is 5.93. The molecule has 0 aliphatic heterocycles. The first-order valence-electron chi connectivity index (χ1n) is 10.7. The maximum Gasteiger partial charge on any atom is 0.247 e. The molecule has 5 rings (SSSR count). The van der Waals surface area contributed by atoms with Crippen LogP contribution in [0.2, 0.25) is 0 Å². The zero-order chi connectivity index (χ0) is 20.8. The Labute approximate surface area is 175 Å². The van der Waals surface area contributed by atoms with Gasteiger partial charge in [0.05, 0.1) is 11.6 Å². The number of aromatic nitrogens is 4. The summed E-state index contributed by atoms with van der Waals surface area (Å²) in [5.74, 6) is 1.76. The second-order valence-corrected chi connectivity index (χ2v) is 8.66. The van der Waals surface area contributed by atoms with Crippen LogP contribution in [0, 0.1) is 6.92 Å². The molecular weight excluding hydrogens is 374 g/mol. The zero-order valence-corrected chi connectivity index (χ0v) is 17.6. The molecule has 3 heterocycles. The number of hydrogen-bond donors (Lipinski definition) is 2. The third-order valence-electron chi connectivity index (χ3n) is 6.18. The first kappa shape index (κ1) is 19.0. The quantitative estimate of drug-likeness (QED) is 0.483. The van der Waals surface area contributed by atoms with Crippen molar-refractivity contribution in [2.24, 2.45) is 5.73 Å². The van der Waals surface area contributed by atoms with E-state index in [0.717, 1.165) is 47.3 Å². The average molecular weight is 402 g/mol. The molecule has 6 heteroatoms. The fourth-order valence-electron chi connectivity index (χ4n) is 4.67. The highest BCUT2D eigenvalue weighted by Gasteiger charge is 2.30. The molecule has 2 atom stereocenters. The Morgan fingerprint density at radius 3 is 2.70 bits per heavy atom. The van der Waals surface area contributed by atoms with E-state index in [9.17, 15) is 0 Å². The van der Waals surface area contributed by atoms with Gasteiger partial charge in [0.25, 0.3) is 0 Å². The lowest BCUT2D eigenvalue weighted by Gasteiger charge is -2.10. The fourth-order valence-corrected chi connectivity index (χ4v) is 4.67. The van der Waals surface area contributed by atoms with Crippen molar-refractivity contribution in [1.29, 1.82) is 0 Å². The second kappa shape index (κ2) is 7.36. The summed E-state index contributed by atoms with van der Waals surface area (Å²) in [5.41, 5.74) is 12.8. The van der Waals surface area contributed by atoms with Crippen molar-refractivity contribution in [3.8, 4) is 22.7 Å². The Hall–Kier alpha value is -2.99. The molecule has 6 nitrogen and oxygen atoms in total. The fraction of sp³-hybridized carbons (Fsp3) is 0.375. The monoisotopic (exact) mass is 401 g/mol. The first-order chi connectivity index (χ1) is 14.5. The molecule has 30 heavy (non-hydrogen) atoms. The molecule has 0 amide bonds. The number of pyridine rings is 1. The number of fused-ring (bicyclic) bond motifs is 1. The van der Waals surface area contributed by atoms with Crippen molar-refractivity contribution < 1.29 is 4.42 Å². The predicted molar refractivity (Wildman–Crippen MR) is 118 cm³/mol. The summed E-state index contributed by atoms with van der Waals surface area (Å²) in [6.07, 6.45) is 5.02. The molecule has 0 bridgehead atoms. The molecular formula is C24H27N5O. The van der Waals surface area contributed by atoms with Crippen molar-refractivity contribution in [2.45, 2.75) is 57.9 Å². The summed E-state index contributed by atoms with van der Waals surface area (Å²) < 4.78 is 6.06. The highest BCUT2D eigenvalue weighted by Crippen LogP contribution is 2.38. The van der Waals surface area contributed by atoms with Gasteiger partial charge >= 0.3 is 0 Å². The van der Waals surface area contributed by atoms with Crippen molar-refractivity contribution >= 4 is 10.9 Å². The lowest BCUT2D eigenvalue weighted by atomic mass is 9.95. The van der Waals surface area contributed by atoms with Crippen molar-refractivity contribution in [1.82, 2.24) is 20.2 Å². The van der Waals surface area contributed by atoms with Crippen LogP contribution >= 0.6 is 0 Å². The number of nitrogens with two attached hydrogens (primary N) is 1. The first-order valence-corrected chi connectivity index (χ1v) is 10.7. The molecule has 4 aromatic rings. The minimum Gasteiger partial charge on any atom is -0.420 e. The van der Waals surface area contributed by atoms with Crippen LogP contribution in [0.5, 0.6) is 0 Å². The number of benzene rings is 1. The molecule has 1 unspecified atom stereocenters. The molecule has 1 fully saturated rings. The van der Waals surface area contributed by atoms with Crippen LogP contribution in [0.1, 0.15) is 62.1 Å². The van der Waals surface area contributed by atoms with E-state index in [0.29, 0.717) is 17.7 Å². The number of nitrogens with zero attached hydrogens (tertiary/aromatic N) is 3. The summed E-state index contributed by atoms with van der Waals surface area (Å²) in [4.78, 5) is 7.95. The Balaban J connectivity index is 1.59. The van der Waals surface area contributed by atoms with Crippen molar-refractivity contribution in [3.63, 3.8) is 0 Å². The van der Waals surface area contributed by atoms with E-state index >= 15 is 0 Å². The summed E-state index contributed by atoms with van der Waals surface area (Å²) in [6.45, 7) is 6.46. The molecule has 1 aliphatic carbocycles. The van der Waals surface area contributed by atoms with E-state index in [1.54, 1.807) is 0 Å². The van der Waals surface area contributed by atoms with Gasteiger partial charge in [-0.05, 0) is 61.6 Å². The van der Waals surface area contributed by atoms with Gasteiger partial charge in [-0.25, -0.2) is 0 Å². The van der Waals surface area contributed by atoms with Crippen LogP contribution in [0.15, 0.2) is 40.9 Å². The van der Waals surface area contributed by atoms with E-state index in [4.69, 9.17) is 10.2 Å². The van der Waals surface area contributed by atoms with Crippen LogP contribution in [0.25, 0.3) is 33.6 Å². The van der Waals surface area contributed by atoms with Crippen LogP contribution in [0.4, 0.5) is 0 Å². The van der Waals surface area contributed by atoms with Gasteiger partial charge < -0.3 is 15.1 Å². The SMILES string of the molecule is Cc1cc(-c2[nH]c3ccc(-c4nnc(C5CCC[C@H]5N)o4)cc3c2C(C)C)ccn1. The summed E-state index contributed by atoms with van der Waals surface area (Å²) in [5, 5.41) is 9.83. The Kier molecular flexibility index (Phi) is 4.66. The van der Waals surface area contributed by atoms with Gasteiger partial charge in [0.15, 0.2) is 0 Å². The van der Waals surface area contributed by atoms with Gasteiger partial charge in [0.2, 0.25) is 11.8 Å². The number of aryl methyl sites for hydroxylation is 1. The van der Waals surface area contributed by atoms with Gasteiger partial charge in [0, 0.05) is 40.0 Å². The number of rotatable bonds is 4. The molecule has 1 saturated carbocycles. The summed E-state index contributed by atoms with van der Waals surface area (Å²) in [6, 6.07) is 10.6. The smallest absolute Gasteiger partial charge is 0.247 e. The van der Waals surface area contributed by atoms with Crippen LogP contribution in [-0.2, 0) is 0 Å². The van der Waals surface area contributed by atoms with E-state index in [1.165, 1.54) is 10.9 Å². The molecule has 3 aromatic heterocycles. The lowest BCUT2D eigenvalue weighted by molar-refractivity contribution is 0.435. The molecule has 0 spiro atoms. The average Bonchev–Trinajstić information content (AvgIpc) is 3.44. The molecule has 0 saturated heterocycles. The van der Waals surface area contributed by atoms with Crippen molar-refractivity contribution in [3.05, 3.63) is 53.7 Å². The van der Waals surface area contributed by atoms with Crippen LogP contribution < -0.4 is 5.73 Å². The third-order valence-corrected chi connectivity index (χ3v) is 6.18. The maximum absolute atomic E-state index is 6.22. The Morgan fingerprint density at radius 2 is 1.97 bits per heavy atom. The normalized spacial score (nSPS) is 19.2. The topological polar surface area (TPSA) is 93.6 Å². The van der Waals surface area contributed by atoms with E-state index in [2.05, 4.69) is 58.3 Å². The van der Waals surface area contributed by atoms with Gasteiger partial charge in [0.1, 0.15) is 0 Å². The highest BCUT2D eigenvalue weighted by atomic mass is 16.4. The van der Waals surface area contributed by atoms with Gasteiger partial charge in [-0.3, -0.25) is 4.98 Å². The summed E-state index contributed by atoms with van der Waals surface area (Å²) in [7, 11) is 0. The maximum atomic E-state index is 6.22. The van der Waals surface area contributed by atoms with Crippen LogP contribution in [0.3, 0.4) is 0 Å². The van der Waals surface area contributed by atoms with E-state index in [1.807, 2.05) is 19.2 Å². The number of H-pyrrole nitrogens is 1. The van der Waals surface area contributed by atoms with Gasteiger partial charge in [-0.2, -0.15) is 0 Å². The summed E-state index contributed by atoms with van der Waals surface area (Å²) >= 11 is 0. The van der Waals surface area contributed by atoms with E-state index < -0.39 is 0 Å². The van der Waals surface area contributed by atoms with E-state index in [-0.39, 0.29) is 12.0 Å². The molecule has 1 aliphatic rings. The number of hydrogen-bond acceptors (Lipinski definition) is 5. The minimum atomic E-state index is 0.115. The number of nitrogens with one attached hydrogen (secondary N) is 1. The van der Waals surface area contributed by atoms with Crippen LogP contribution in [-0.4, -0.2) is 26.2 Å². The number of aromatic amines is 1. The van der Waals surface area contributed by atoms with Crippen molar-refractivity contribution in [2.75, 3.05) is 0 Å². The predicted octanol–water partition coefficient (Wildman–Crippen LogP) is 5.31. The third kappa shape index (κ3) is 3.21. The largest absolute Gasteiger partial charge is 0.420 e. The standard InChI is InChI=1S/C24H27N5O/c1-13(2)21-18-12-16(23-28-29-24(30-23)17-5-4-6-19(17)25)7-8-20(18)27-22(21)15-9-10-26-14(3)11-15/h7-13,17,19,27H,4-6,25H2,1-3H3/t17?,19-/m1/s1. The minimum absolute atomic E-state index is 0.115. The molecule has 3 N–H and O–H groups in total. The Morgan fingerprint density at radius 1 is 1.10 bits per heavy atom. The van der Waals surface area contributed by atoms with Gasteiger partial charge in [-0.1, -0.05) is 20.3 Å². The molecule has 154 valence electrons. The van der Waals surface area contributed by atoms with Gasteiger partial charge in [-0.15, -0.1) is 10.2 Å². The molecule has 0 radical (unpaired) electrons. The second-order valence-electron chi connectivity index (χ2n) is 8.66. The molecule has 1 aromatic carbocycles. The Bertz CT molecular complexity index is 1210. The zero-order valence-electron chi connectivity index (χ0n) is 17.6.